The number of halogens is 3. The summed E-state index contributed by atoms with van der Waals surface area (Å²) in [5, 5.41) is 1.01. The van der Waals surface area contributed by atoms with Crippen LogP contribution in [-0.4, -0.2) is 0 Å². The smallest absolute Gasteiger partial charge is 0.0931 e. The van der Waals surface area contributed by atoms with Crippen molar-refractivity contribution in [2.45, 2.75) is 6.04 Å². The van der Waals surface area contributed by atoms with E-state index in [4.69, 9.17) is 40.5 Å². The van der Waals surface area contributed by atoms with Crippen molar-refractivity contribution >= 4 is 46.1 Å². The maximum absolute atomic E-state index is 6.11. The van der Waals surface area contributed by atoms with Crippen LogP contribution >= 0.6 is 46.1 Å². The number of thiophene rings is 1. The van der Waals surface area contributed by atoms with E-state index < -0.39 is 0 Å². The predicted octanol–water partition coefficient (Wildman–Crippen LogP) is 4.76. The summed E-state index contributed by atoms with van der Waals surface area (Å²) in [7, 11) is 0. The number of nitrogens with two attached hydrogens (primary N) is 1. The van der Waals surface area contributed by atoms with Crippen LogP contribution in [0.4, 0.5) is 0 Å². The highest BCUT2D eigenvalue weighted by molar-refractivity contribution is 7.16. The van der Waals surface area contributed by atoms with E-state index in [9.17, 15) is 0 Å². The first-order chi connectivity index (χ1) is 7.59. The van der Waals surface area contributed by atoms with Crippen LogP contribution in [0.3, 0.4) is 0 Å². The lowest BCUT2D eigenvalue weighted by Gasteiger charge is -2.12. The third-order valence-electron chi connectivity index (χ3n) is 2.22. The third kappa shape index (κ3) is 2.36. The van der Waals surface area contributed by atoms with Crippen molar-refractivity contribution in [1.82, 2.24) is 0 Å². The van der Waals surface area contributed by atoms with E-state index in [-0.39, 0.29) is 6.04 Å². The number of benzene rings is 1. The molecule has 84 valence electrons. The quantitative estimate of drug-likeness (QED) is 0.849. The summed E-state index contributed by atoms with van der Waals surface area (Å²) in [6, 6.07) is 8.87. The lowest BCUT2D eigenvalue weighted by molar-refractivity contribution is 0.894. The van der Waals surface area contributed by atoms with Gasteiger partial charge in [0.15, 0.2) is 0 Å². The first kappa shape index (κ1) is 12.2. The van der Waals surface area contributed by atoms with Crippen LogP contribution in [0.5, 0.6) is 0 Å². The van der Waals surface area contributed by atoms with E-state index in [1.807, 2.05) is 24.3 Å². The molecule has 0 saturated heterocycles. The second kappa shape index (κ2) is 4.94. The first-order valence-corrected chi connectivity index (χ1v) is 6.49. The van der Waals surface area contributed by atoms with E-state index in [1.165, 1.54) is 11.3 Å². The lowest BCUT2D eigenvalue weighted by Crippen LogP contribution is -2.10. The minimum atomic E-state index is -0.288. The molecule has 1 aromatic carbocycles. The average Bonchev–Trinajstić information content (AvgIpc) is 2.68. The first-order valence-electron chi connectivity index (χ1n) is 4.54. The van der Waals surface area contributed by atoms with Crippen LogP contribution in [0.15, 0.2) is 30.3 Å². The van der Waals surface area contributed by atoms with Gasteiger partial charge in [-0.25, -0.2) is 0 Å². The van der Waals surface area contributed by atoms with Crippen molar-refractivity contribution in [2.24, 2.45) is 5.73 Å². The highest BCUT2D eigenvalue weighted by Crippen LogP contribution is 2.35. The topological polar surface area (TPSA) is 26.0 Å². The highest BCUT2D eigenvalue weighted by atomic mass is 35.5. The van der Waals surface area contributed by atoms with Crippen molar-refractivity contribution < 1.29 is 0 Å². The van der Waals surface area contributed by atoms with Gasteiger partial charge in [0.2, 0.25) is 0 Å². The standard InChI is InChI=1S/C11H8Cl3NS/c12-7-3-1-2-6(10(7)14)11(15)8-4-5-9(13)16-8/h1-5,11H,15H2. The minimum Gasteiger partial charge on any atom is -0.320 e. The summed E-state index contributed by atoms with van der Waals surface area (Å²) in [6.07, 6.45) is 0. The molecule has 0 bridgehead atoms. The SMILES string of the molecule is NC(c1ccc(Cl)s1)c1cccc(Cl)c1Cl. The molecule has 0 aliphatic heterocycles. The summed E-state index contributed by atoms with van der Waals surface area (Å²) >= 11 is 19.4. The Morgan fingerprint density at radius 3 is 2.44 bits per heavy atom. The Balaban J connectivity index is 2.41. The summed E-state index contributed by atoms with van der Waals surface area (Å²) in [5.41, 5.74) is 6.92. The molecule has 1 atom stereocenters. The Morgan fingerprint density at radius 2 is 1.81 bits per heavy atom. The normalized spacial score (nSPS) is 12.8. The molecule has 2 rings (SSSR count). The molecule has 0 aliphatic carbocycles. The molecule has 0 radical (unpaired) electrons. The van der Waals surface area contributed by atoms with Crippen molar-refractivity contribution in [2.75, 3.05) is 0 Å². The zero-order valence-corrected chi connectivity index (χ0v) is 11.2. The van der Waals surface area contributed by atoms with Crippen LogP contribution in [0.2, 0.25) is 14.4 Å². The molecular formula is C11H8Cl3NS. The van der Waals surface area contributed by atoms with Gasteiger partial charge < -0.3 is 5.73 Å². The van der Waals surface area contributed by atoms with Crippen LogP contribution < -0.4 is 5.73 Å². The average molecular weight is 293 g/mol. The van der Waals surface area contributed by atoms with E-state index in [0.717, 1.165) is 10.4 Å². The Bertz CT molecular complexity index is 510. The fourth-order valence-electron chi connectivity index (χ4n) is 1.41. The van der Waals surface area contributed by atoms with Gasteiger partial charge in [-0.15, -0.1) is 11.3 Å². The van der Waals surface area contributed by atoms with Crippen LogP contribution in [0, 0.1) is 0 Å². The molecule has 1 heterocycles. The molecule has 0 spiro atoms. The van der Waals surface area contributed by atoms with Gasteiger partial charge in [0.25, 0.3) is 0 Å². The molecule has 5 heteroatoms. The van der Waals surface area contributed by atoms with Crippen LogP contribution in [-0.2, 0) is 0 Å². The molecule has 1 nitrogen and oxygen atoms in total. The number of hydrogen-bond acceptors (Lipinski definition) is 2. The van der Waals surface area contributed by atoms with Gasteiger partial charge in [-0.2, -0.15) is 0 Å². The van der Waals surface area contributed by atoms with Gasteiger partial charge in [0.1, 0.15) is 0 Å². The van der Waals surface area contributed by atoms with Crippen LogP contribution in [0.25, 0.3) is 0 Å². The van der Waals surface area contributed by atoms with Gasteiger partial charge in [-0.1, -0.05) is 46.9 Å². The zero-order chi connectivity index (χ0) is 11.7. The molecule has 0 aliphatic rings. The Kier molecular flexibility index (Phi) is 3.77. The summed E-state index contributed by atoms with van der Waals surface area (Å²) in [4.78, 5) is 0.967. The van der Waals surface area contributed by atoms with E-state index in [2.05, 4.69) is 0 Å². The van der Waals surface area contributed by atoms with Gasteiger partial charge in [0, 0.05) is 4.88 Å². The molecule has 2 N–H and O–H groups in total. The third-order valence-corrected chi connectivity index (χ3v) is 4.36. The molecule has 2 aromatic rings. The molecule has 0 saturated carbocycles. The molecular weight excluding hydrogens is 285 g/mol. The number of hydrogen-bond donors (Lipinski definition) is 1. The Hall–Kier alpha value is -0.250. The lowest BCUT2D eigenvalue weighted by atomic mass is 10.1. The Labute approximate surface area is 113 Å². The summed E-state index contributed by atoms with van der Waals surface area (Å²) < 4.78 is 0.712. The zero-order valence-electron chi connectivity index (χ0n) is 8.08. The fourth-order valence-corrected chi connectivity index (χ4v) is 2.92. The maximum atomic E-state index is 6.11. The van der Waals surface area contributed by atoms with Crippen molar-refractivity contribution in [3.63, 3.8) is 0 Å². The van der Waals surface area contributed by atoms with Crippen LogP contribution in [0.1, 0.15) is 16.5 Å². The highest BCUT2D eigenvalue weighted by Gasteiger charge is 2.15. The van der Waals surface area contributed by atoms with Crippen molar-refractivity contribution in [1.29, 1.82) is 0 Å². The molecule has 0 fully saturated rings. The second-order valence-corrected chi connectivity index (χ2v) is 5.79. The number of rotatable bonds is 2. The maximum Gasteiger partial charge on any atom is 0.0931 e. The largest absolute Gasteiger partial charge is 0.320 e. The molecule has 0 amide bonds. The fraction of sp³-hybridized carbons (Fsp3) is 0.0909. The van der Waals surface area contributed by atoms with E-state index in [0.29, 0.717) is 14.4 Å². The van der Waals surface area contributed by atoms with Gasteiger partial charge >= 0.3 is 0 Å². The Morgan fingerprint density at radius 1 is 1.06 bits per heavy atom. The van der Waals surface area contributed by atoms with E-state index >= 15 is 0 Å². The molecule has 1 aromatic heterocycles. The van der Waals surface area contributed by atoms with E-state index in [1.54, 1.807) is 6.07 Å². The van der Waals surface area contributed by atoms with Crippen molar-refractivity contribution in [3.8, 4) is 0 Å². The minimum absolute atomic E-state index is 0.288. The summed E-state index contributed by atoms with van der Waals surface area (Å²) in [5.74, 6) is 0. The predicted molar refractivity (Wildman–Crippen MR) is 71.8 cm³/mol. The van der Waals surface area contributed by atoms with Gasteiger partial charge in [-0.05, 0) is 23.8 Å². The molecule has 1 unspecified atom stereocenters. The summed E-state index contributed by atoms with van der Waals surface area (Å²) in [6.45, 7) is 0. The van der Waals surface area contributed by atoms with Gasteiger partial charge in [0.05, 0.1) is 20.4 Å². The second-order valence-electron chi connectivity index (χ2n) is 3.26. The van der Waals surface area contributed by atoms with Crippen molar-refractivity contribution in [3.05, 3.63) is 55.2 Å². The van der Waals surface area contributed by atoms with Gasteiger partial charge in [-0.3, -0.25) is 0 Å². The molecule has 16 heavy (non-hydrogen) atoms. The monoisotopic (exact) mass is 291 g/mol.